The van der Waals surface area contributed by atoms with Crippen LogP contribution in [0.3, 0.4) is 0 Å². The highest BCUT2D eigenvalue weighted by Crippen LogP contribution is 2.26. The van der Waals surface area contributed by atoms with Gasteiger partial charge in [-0.05, 0) is 42.8 Å². The number of anilines is 1. The van der Waals surface area contributed by atoms with Gasteiger partial charge in [0, 0.05) is 11.7 Å². The molecule has 2 rings (SSSR count). The summed E-state index contributed by atoms with van der Waals surface area (Å²) in [6.07, 6.45) is 0. The Labute approximate surface area is 131 Å². The summed E-state index contributed by atoms with van der Waals surface area (Å²) in [6, 6.07) is 9.29. The van der Waals surface area contributed by atoms with Crippen LogP contribution in [0.5, 0.6) is 0 Å². The number of benzene rings is 2. The molecule has 1 unspecified atom stereocenters. The first-order valence-electron chi connectivity index (χ1n) is 6.19. The number of hydrogen-bond donors (Lipinski definition) is 2. The highest BCUT2D eigenvalue weighted by molar-refractivity contribution is 6.34. The van der Waals surface area contributed by atoms with E-state index in [9.17, 15) is 9.18 Å². The molecule has 6 heteroatoms. The van der Waals surface area contributed by atoms with Gasteiger partial charge in [-0.3, -0.25) is 4.79 Å². The molecule has 2 aromatic rings. The summed E-state index contributed by atoms with van der Waals surface area (Å²) < 4.78 is 13.1. The average Bonchev–Trinajstić information content (AvgIpc) is 2.41. The Morgan fingerprint density at radius 2 is 1.90 bits per heavy atom. The zero-order valence-electron chi connectivity index (χ0n) is 11.2. The second kappa shape index (κ2) is 6.33. The first-order valence-corrected chi connectivity index (χ1v) is 6.95. The van der Waals surface area contributed by atoms with Crippen molar-refractivity contribution in [1.29, 1.82) is 0 Å². The van der Waals surface area contributed by atoms with Crippen LogP contribution in [0.4, 0.5) is 10.1 Å². The third-order valence-electron chi connectivity index (χ3n) is 3.06. The van der Waals surface area contributed by atoms with Gasteiger partial charge in [0.15, 0.2) is 0 Å². The largest absolute Gasteiger partial charge is 0.378 e. The molecule has 0 aliphatic heterocycles. The molecule has 0 saturated carbocycles. The number of halogens is 3. The fraction of sp³-hybridized carbons (Fsp3) is 0.133. The molecular weight excluding hydrogens is 314 g/mol. The van der Waals surface area contributed by atoms with Crippen LogP contribution >= 0.6 is 23.2 Å². The highest BCUT2D eigenvalue weighted by Gasteiger charge is 2.11. The maximum Gasteiger partial charge on any atom is 0.250 e. The van der Waals surface area contributed by atoms with Crippen molar-refractivity contribution in [2.45, 2.75) is 13.0 Å². The third kappa shape index (κ3) is 3.65. The predicted molar refractivity (Wildman–Crippen MR) is 83.4 cm³/mol. The summed E-state index contributed by atoms with van der Waals surface area (Å²) in [7, 11) is 0. The number of primary amides is 1. The first-order chi connectivity index (χ1) is 9.88. The number of carbonyl (C=O) groups is 1. The van der Waals surface area contributed by atoms with E-state index in [-0.39, 0.29) is 21.7 Å². The van der Waals surface area contributed by atoms with Gasteiger partial charge in [0.05, 0.1) is 15.6 Å². The molecule has 0 bridgehead atoms. The summed E-state index contributed by atoms with van der Waals surface area (Å²) in [5, 5.41) is 3.54. The lowest BCUT2D eigenvalue weighted by Gasteiger charge is -2.17. The number of carbonyl (C=O) groups excluding carboxylic acids is 1. The lowest BCUT2D eigenvalue weighted by Crippen LogP contribution is -2.12. The summed E-state index contributed by atoms with van der Waals surface area (Å²) in [5.74, 6) is -1.04. The van der Waals surface area contributed by atoms with E-state index in [2.05, 4.69) is 5.32 Å². The van der Waals surface area contributed by atoms with Gasteiger partial charge >= 0.3 is 0 Å². The lowest BCUT2D eigenvalue weighted by molar-refractivity contribution is 0.100. The second-order valence-electron chi connectivity index (χ2n) is 4.60. The smallest absolute Gasteiger partial charge is 0.250 e. The molecule has 1 amide bonds. The lowest BCUT2D eigenvalue weighted by atomic mass is 10.1. The maximum absolute atomic E-state index is 13.1. The standard InChI is InChI=1S/C15H13Cl2FN2O/c1-8(9-2-5-14(18)13(17)6-9)20-10-3-4-11(15(19)21)12(16)7-10/h2-8,20H,1H3,(H2,19,21). The van der Waals surface area contributed by atoms with Crippen LogP contribution in [0.25, 0.3) is 0 Å². The van der Waals surface area contributed by atoms with Gasteiger partial charge in [-0.15, -0.1) is 0 Å². The summed E-state index contributed by atoms with van der Waals surface area (Å²) in [6.45, 7) is 1.90. The van der Waals surface area contributed by atoms with Gasteiger partial charge in [-0.2, -0.15) is 0 Å². The molecule has 1 atom stereocenters. The van der Waals surface area contributed by atoms with Gasteiger partial charge in [0.1, 0.15) is 5.82 Å². The van der Waals surface area contributed by atoms with Gasteiger partial charge in [-0.25, -0.2) is 4.39 Å². The molecule has 0 fully saturated rings. The topological polar surface area (TPSA) is 55.1 Å². The number of nitrogens with one attached hydrogen (secondary N) is 1. The van der Waals surface area contributed by atoms with E-state index < -0.39 is 11.7 Å². The van der Waals surface area contributed by atoms with Gasteiger partial charge in [-0.1, -0.05) is 29.3 Å². The molecular formula is C15H13Cl2FN2O. The molecule has 0 aliphatic carbocycles. The van der Waals surface area contributed by atoms with Crippen LogP contribution in [0.2, 0.25) is 10.0 Å². The molecule has 0 aromatic heterocycles. The van der Waals surface area contributed by atoms with Crippen molar-refractivity contribution in [2.75, 3.05) is 5.32 Å². The molecule has 3 N–H and O–H groups in total. The van der Waals surface area contributed by atoms with Crippen LogP contribution in [-0.2, 0) is 0 Å². The van der Waals surface area contributed by atoms with Crippen molar-refractivity contribution in [2.24, 2.45) is 5.73 Å². The van der Waals surface area contributed by atoms with E-state index in [1.165, 1.54) is 6.07 Å². The van der Waals surface area contributed by atoms with Gasteiger partial charge in [0.2, 0.25) is 5.91 Å². The number of amides is 1. The minimum Gasteiger partial charge on any atom is -0.378 e. The number of nitrogens with two attached hydrogens (primary N) is 1. The molecule has 0 spiro atoms. The molecule has 0 heterocycles. The Hall–Kier alpha value is -1.78. The van der Waals surface area contributed by atoms with Crippen LogP contribution in [0, 0.1) is 5.82 Å². The molecule has 110 valence electrons. The predicted octanol–water partition coefficient (Wildman–Crippen LogP) is 4.40. The Balaban J connectivity index is 2.19. The zero-order valence-corrected chi connectivity index (χ0v) is 12.7. The SMILES string of the molecule is CC(Nc1ccc(C(N)=O)c(Cl)c1)c1ccc(F)c(Cl)c1. The fourth-order valence-electron chi connectivity index (χ4n) is 1.92. The third-order valence-corrected chi connectivity index (χ3v) is 3.66. The summed E-state index contributed by atoms with van der Waals surface area (Å²) in [5.41, 5.74) is 7.01. The van der Waals surface area contributed by atoms with Crippen molar-refractivity contribution >= 4 is 34.8 Å². The van der Waals surface area contributed by atoms with E-state index >= 15 is 0 Å². The number of hydrogen-bond acceptors (Lipinski definition) is 2. The summed E-state index contributed by atoms with van der Waals surface area (Å²) in [4.78, 5) is 11.1. The Morgan fingerprint density at radius 3 is 2.48 bits per heavy atom. The molecule has 3 nitrogen and oxygen atoms in total. The van der Waals surface area contributed by atoms with E-state index in [0.717, 1.165) is 11.3 Å². The Kier molecular flexibility index (Phi) is 4.70. The van der Waals surface area contributed by atoms with Crippen LogP contribution in [-0.4, -0.2) is 5.91 Å². The minimum absolute atomic E-state index is 0.0725. The monoisotopic (exact) mass is 326 g/mol. The van der Waals surface area contributed by atoms with E-state index in [4.69, 9.17) is 28.9 Å². The van der Waals surface area contributed by atoms with Crippen LogP contribution in [0.15, 0.2) is 36.4 Å². The molecule has 21 heavy (non-hydrogen) atoms. The second-order valence-corrected chi connectivity index (χ2v) is 5.41. The molecule has 0 saturated heterocycles. The van der Waals surface area contributed by atoms with Gasteiger partial charge < -0.3 is 11.1 Å². The average molecular weight is 327 g/mol. The molecule has 0 radical (unpaired) electrons. The first kappa shape index (κ1) is 15.6. The number of rotatable bonds is 4. The highest BCUT2D eigenvalue weighted by atomic mass is 35.5. The van der Waals surface area contributed by atoms with Crippen LogP contribution in [0.1, 0.15) is 28.9 Å². The molecule has 0 aliphatic rings. The maximum atomic E-state index is 13.1. The van der Waals surface area contributed by atoms with E-state index in [1.807, 2.05) is 6.92 Å². The van der Waals surface area contributed by atoms with Crippen molar-refractivity contribution in [3.63, 3.8) is 0 Å². The Morgan fingerprint density at radius 1 is 1.19 bits per heavy atom. The normalized spacial score (nSPS) is 12.0. The minimum atomic E-state index is -0.579. The van der Waals surface area contributed by atoms with Crippen molar-refractivity contribution in [3.05, 3.63) is 63.4 Å². The fourth-order valence-corrected chi connectivity index (χ4v) is 2.38. The van der Waals surface area contributed by atoms with Crippen molar-refractivity contribution in [3.8, 4) is 0 Å². The van der Waals surface area contributed by atoms with Gasteiger partial charge in [0.25, 0.3) is 0 Å². The quantitative estimate of drug-likeness (QED) is 0.874. The van der Waals surface area contributed by atoms with E-state index in [1.54, 1.807) is 30.3 Å². The van der Waals surface area contributed by atoms with E-state index in [0.29, 0.717) is 0 Å². The Bertz CT molecular complexity index is 691. The van der Waals surface area contributed by atoms with Crippen molar-refractivity contribution < 1.29 is 9.18 Å². The molecule has 2 aromatic carbocycles. The van der Waals surface area contributed by atoms with Crippen molar-refractivity contribution in [1.82, 2.24) is 0 Å². The summed E-state index contributed by atoms with van der Waals surface area (Å²) >= 11 is 11.8. The van der Waals surface area contributed by atoms with Crippen LogP contribution < -0.4 is 11.1 Å². The zero-order chi connectivity index (χ0) is 15.6.